The molecule has 1 atom stereocenters. The van der Waals surface area contributed by atoms with Crippen LogP contribution in [-0.2, 0) is 11.2 Å². The van der Waals surface area contributed by atoms with Gasteiger partial charge in [0.2, 0.25) is 0 Å². The number of carboxylic acids is 1. The van der Waals surface area contributed by atoms with Crippen molar-refractivity contribution < 1.29 is 19.4 Å². The average Bonchev–Trinajstić information content (AvgIpc) is 2.28. The summed E-state index contributed by atoms with van der Waals surface area (Å²) in [5.74, 6) is 0.546. The quantitative estimate of drug-likeness (QED) is 0.800. The molecule has 0 saturated carbocycles. The van der Waals surface area contributed by atoms with Crippen LogP contribution in [0.25, 0.3) is 0 Å². The van der Waals surface area contributed by atoms with Crippen molar-refractivity contribution in [1.29, 1.82) is 0 Å². The molecule has 5 nitrogen and oxygen atoms in total. The van der Waals surface area contributed by atoms with Crippen molar-refractivity contribution in [3.8, 4) is 11.5 Å². The van der Waals surface area contributed by atoms with Gasteiger partial charge in [-0.25, -0.2) is 0 Å². The molecule has 0 aromatic heterocycles. The van der Waals surface area contributed by atoms with E-state index in [0.717, 1.165) is 16.9 Å². The molecule has 0 saturated heterocycles. The molecule has 0 aliphatic carbocycles. The summed E-state index contributed by atoms with van der Waals surface area (Å²) in [5.41, 5.74) is 7.57. The van der Waals surface area contributed by atoms with Crippen molar-refractivity contribution in [3.05, 3.63) is 23.3 Å². The topological polar surface area (TPSA) is 81.8 Å². The van der Waals surface area contributed by atoms with E-state index in [4.69, 9.17) is 20.3 Å². The van der Waals surface area contributed by atoms with Gasteiger partial charge in [-0.05, 0) is 25.0 Å². The summed E-state index contributed by atoms with van der Waals surface area (Å²) in [7, 11) is 3.17. The van der Waals surface area contributed by atoms with Gasteiger partial charge < -0.3 is 20.3 Å². The van der Waals surface area contributed by atoms with Crippen molar-refractivity contribution in [1.82, 2.24) is 0 Å². The van der Waals surface area contributed by atoms with Gasteiger partial charge in [0.25, 0.3) is 0 Å². The lowest BCUT2D eigenvalue weighted by Gasteiger charge is -2.16. The highest BCUT2D eigenvalue weighted by molar-refractivity contribution is 5.67. The molecule has 0 aliphatic heterocycles. The summed E-state index contributed by atoms with van der Waals surface area (Å²) in [6, 6.07) is 3.26. The fourth-order valence-electron chi connectivity index (χ4n) is 1.97. The Bertz CT molecular complexity index is 431. The molecule has 5 heteroatoms. The Morgan fingerprint density at radius 1 is 1.39 bits per heavy atom. The molecule has 1 aromatic carbocycles. The first-order valence-electron chi connectivity index (χ1n) is 5.67. The fraction of sp³-hybridized carbons (Fsp3) is 0.462. The van der Waals surface area contributed by atoms with E-state index in [0.29, 0.717) is 12.2 Å². The normalized spacial score (nSPS) is 12.0. The van der Waals surface area contributed by atoms with Gasteiger partial charge in [0.15, 0.2) is 0 Å². The molecule has 1 unspecified atom stereocenters. The van der Waals surface area contributed by atoms with E-state index < -0.39 is 12.0 Å². The molecule has 0 spiro atoms. The molecular weight excluding hydrogens is 234 g/mol. The monoisotopic (exact) mass is 253 g/mol. The summed E-state index contributed by atoms with van der Waals surface area (Å²) < 4.78 is 10.5. The molecule has 0 bridgehead atoms. The molecule has 1 aromatic rings. The number of benzene rings is 1. The van der Waals surface area contributed by atoms with Crippen LogP contribution < -0.4 is 15.2 Å². The van der Waals surface area contributed by atoms with Gasteiger partial charge in [0, 0.05) is 11.6 Å². The van der Waals surface area contributed by atoms with E-state index in [1.165, 1.54) is 0 Å². The smallest absolute Gasteiger partial charge is 0.304 e. The van der Waals surface area contributed by atoms with Gasteiger partial charge in [-0.1, -0.05) is 6.07 Å². The summed E-state index contributed by atoms with van der Waals surface area (Å²) in [6.45, 7) is 1.89. The van der Waals surface area contributed by atoms with Crippen LogP contribution in [-0.4, -0.2) is 31.3 Å². The molecule has 1 rings (SSSR count). The lowest BCUT2D eigenvalue weighted by atomic mass is 10.0. The van der Waals surface area contributed by atoms with Crippen molar-refractivity contribution in [2.45, 2.75) is 25.8 Å². The molecule has 0 radical (unpaired) electrons. The van der Waals surface area contributed by atoms with Crippen molar-refractivity contribution >= 4 is 5.97 Å². The van der Waals surface area contributed by atoms with Crippen LogP contribution >= 0.6 is 0 Å². The SMILES string of the molecule is COc1ccc(CC(N)CC(=O)O)c(OC)c1C. The second kappa shape index (κ2) is 6.26. The predicted molar refractivity (Wildman–Crippen MR) is 68.2 cm³/mol. The summed E-state index contributed by atoms with van der Waals surface area (Å²) in [4.78, 5) is 10.6. The van der Waals surface area contributed by atoms with Crippen LogP contribution in [0.1, 0.15) is 17.5 Å². The van der Waals surface area contributed by atoms with Crippen LogP contribution in [0.15, 0.2) is 12.1 Å². The lowest BCUT2D eigenvalue weighted by molar-refractivity contribution is -0.137. The standard InChI is InChI=1S/C13H19NO4/c1-8-11(17-2)5-4-9(13(8)18-3)6-10(14)7-12(15)16/h4-5,10H,6-7,14H2,1-3H3,(H,15,16). The van der Waals surface area contributed by atoms with Crippen LogP contribution in [0.2, 0.25) is 0 Å². The molecule has 3 N–H and O–H groups in total. The van der Waals surface area contributed by atoms with Gasteiger partial charge in [-0.2, -0.15) is 0 Å². The first-order chi connectivity index (χ1) is 8.49. The Kier molecular flexibility index (Phi) is 4.97. The van der Waals surface area contributed by atoms with Crippen LogP contribution in [0.3, 0.4) is 0 Å². The highest BCUT2D eigenvalue weighted by Gasteiger charge is 2.15. The van der Waals surface area contributed by atoms with Crippen LogP contribution in [0.4, 0.5) is 0 Å². The highest BCUT2D eigenvalue weighted by Crippen LogP contribution is 2.31. The summed E-state index contributed by atoms with van der Waals surface area (Å²) in [5, 5.41) is 8.69. The minimum Gasteiger partial charge on any atom is -0.496 e. The number of hydrogen-bond donors (Lipinski definition) is 2. The molecule has 18 heavy (non-hydrogen) atoms. The van der Waals surface area contributed by atoms with Gasteiger partial charge in [0.1, 0.15) is 11.5 Å². The van der Waals surface area contributed by atoms with E-state index in [1.54, 1.807) is 14.2 Å². The predicted octanol–water partition coefficient (Wildman–Crippen LogP) is 1.36. The summed E-state index contributed by atoms with van der Waals surface area (Å²) in [6.07, 6.45) is 0.397. The zero-order chi connectivity index (χ0) is 13.7. The third-order valence-corrected chi connectivity index (χ3v) is 2.78. The minimum absolute atomic E-state index is 0.0613. The Hall–Kier alpha value is -1.75. The number of aliphatic carboxylic acids is 1. The number of rotatable bonds is 6. The Morgan fingerprint density at radius 2 is 2.06 bits per heavy atom. The van der Waals surface area contributed by atoms with Crippen molar-refractivity contribution in [2.24, 2.45) is 5.73 Å². The van der Waals surface area contributed by atoms with Crippen molar-refractivity contribution in [2.75, 3.05) is 14.2 Å². The van der Waals surface area contributed by atoms with E-state index in [-0.39, 0.29) is 6.42 Å². The van der Waals surface area contributed by atoms with E-state index >= 15 is 0 Å². The zero-order valence-electron chi connectivity index (χ0n) is 10.9. The number of hydrogen-bond acceptors (Lipinski definition) is 4. The first kappa shape index (κ1) is 14.3. The highest BCUT2D eigenvalue weighted by atomic mass is 16.5. The molecule has 0 amide bonds. The molecule has 0 heterocycles. The Balaban J connectivity index is 2.95. The van der Waals surface area contributed by atoms with E-state index in [9.17, 15) is 4.79 Å². The van der Waals surface area contributed by atoms with Gasteiger partial charge in [0.05, 0.1) is 20.6 Å². The van der Waals surface area contributed by atoms with Gasteiger partial charge in [-0.3, -0.25) is 4.79 Å². The molecule has 100 valence electrons. The number of ether oxygens (including phenoxy) is 2. The lowest BCUT2D eigenvalue weighted by Crippen LogP contribution is -2.26. The third kappa shape index (κ3) is 3.37. The van der Waals surface area contributed by atoms with E-state index in [2.05, 4.69) is 0 Å². The second-order valence-corrected chi connectivity index (χ2v) is 4.15. The maximum Gasteiger partial charge on any atom is 0.304 e. The first-order valence-corrected chi connectivity index (χ1v) is 5.67. The Morgan fingerprint density at radius 3 is 2.56 bits per heavy atom. The van der Waals surface area contributed by atoms with E-state index in [1.807, 2.05) is 19.1 Å². The minimum atomic E-state index is -0.897. The Labute approximate surface area is 107 Å². The van der Waals surface area contributed by atoms with Crippen LogP contribution in [0.5, 0.6) is 11.5 Å². The van der Waals surface area contributed by atoms with Gasteiger partial charge in [-0.15, -0.1) is 0 Å². The van der Waals surface area contributed by atoms with Gasteiger partial charge >= 0.3 is 5.97 Å². The largest absolute Gasteiger partial charge is 0.496 e. The maximum atomic E-state index is 10.6. The molecular formula is C13H19NO4. The summed E-state index contributed by atoms with van der Waals surface area (Å²) >= 11 is 0. The number of carboxylic acid groups (broad SMARTS) is 1. The van der Waals surface area contributed by atoms with Crippen LogP contribution in [0, 0.1) is 6.92 Å². The van der Waals surface area contributed by atoms with Crippen molar-refractivity contribution in [3.63, 3.8) is 0 Å². The molecule has 0 fully saturated rings. The molecule has 0 aliphatic rings. The zero-order valence-corrected chi connectivity index (χ0v) is 10.9. The second-order valence-electron chi connectivity index (χ2n) is 4.15. The maximum absolute atomic E-state index is 10.6. The number of carbonyl (C=O) groups is 1. The average molecular weight is 253 g/mol. The fourth-order valence-corrected chi connectivity index (χ4v) is 1.97. The number of methoxy groups -OCH3 is 2. The third-order valence-electron chi connectivity index (χ3n) is 2.78. The number of nitrogens with two attached hydrogens (primary N) is 1.